The van der Waals surface area contributed by atoms with Gasteiger partial charge in [-0.05, 0) is 37.8 Å². The largest absolute Gasteiger partial charge is 0.486 e. The monoisotopic (exact) mass is 384 g/mol. The molecule has 2 rings (SSSR count). The number of nitro benzene ring substituents is 1. The van der Waals surface area contributed by atoms with Crippen LogP contribution in [0.25, 0.3) is 0 Å². The van der Waals surface area contributed by atoms with Gasteiger partial charge in [-0.2, -0.15) is 0 Å². The van der Waals surface area contributed by atoms with Crippen LogP contribution in [0.1, 0.15) is 38.5 Å². The predicted molar refractivity (Wildman–Crippen MR) is 94.4 cm³/mol. The SMILES string of the molecule is O=C(O)CCC1CCCCN1C(=O)CCOc1ccc(Cl)cc1[N+](=O)[O-]. The Morgan fingerprint density at radius 2 is 2.12 bits per heavy atom. The van der Waals surface area contributed by atoms with Gasteiger partial charge >= 0.3 is 11.7 Å². The summed E-state index contributed by atoms with van der Waals surface area (Å²) in [6, 6.07) is 4.02. The highest BCUT2D eigenvalue weighted by Crippen LogP contribution is 2.30. The van der Waals surface area contributed by atoms with E-state index < -0.39 is 10.9 Å². The molecule has 1 aliphatic heterocycles. The van der Waals surface area contributed by atoms with Gasteiger partial charge in [-0.25, -0.2) is 0 Å². The molecule has 8 nitrogen and oxygen atoms in total. The molecule has 1 heterocycles. The van der Waals surface area contributed by atoms with Crippen LogP contribution in [0.15, 0.2) is 18.2 Å². The number of halogens is 1. The summed E-state index contributed by atoms with van der Waals surface area (Å²) in [5.74, 6) is -0.939. The lowest BCUT2D eigenvalue weighted by Crippen LogP contribution is -2.44. The standard InChI is InChI=1S/C17H21ClN2O6/c18-12-4-6-15(14(11-12)20(24)25)26-10-8-16(21)19-9-2-1-3-13(19)5-7-17(22)23/h4,6,11,13H,1-3,5,7-10H2,(H,22,23). The molecule has 1 unspecified atom stereocenters. The molecule has 1 fully saturated rings. The molecule has 0 bridgehead atoms. The van der Waals surface area contributed by atoms with E-state index in [2.05, 4.69) is 0 Å². The van der Waals surface area contributed by atoms with Gasteiger partial charge in [-0.3, -0.25) is 19.7 Å². The van der Waals surface area contributed by atoms with Gasteiger partial charge in [0.05, 0.1) is 18.0 Å². The second-order valence-electron chi connectivity index (χ2n) is 6.14. The smallest absolute Gasteiger partial charge is 0.312 e. The van der Waals surface area contributed by atoms with E-state index in [4.69, 9.17) is 21.4 Å². The minimum absolute atomic E-state index is 0.00343. The molecule has 1 saturated heterocycles. The van der Waals surface area contributed by atoms with Crippen molar-refractivity contribution in [3.8, 4) is 5.75 Å². The molecule has 0 spiro atoms. The summed E-state index contributed by atoms with van der Waals surface area (Å²) in [6.07, 6.45) is 3.19. The number of carbonyl (C=O) groups is 2. The Morgan fingerprint density at radius 1 is 1.35 bits per heavy atom. The third kappa shape index (κ3) is 5.59. The average molecular weight is 385 g/mol. The highest BCUT2D eigenvalue weighted by atomic mass is 35.5. The number of benzene rings is 1. The topological polar surface area (TPSA) is 110 Å². The molecule has 1 aromatic carbocycles. The van der Waals surface area contributed by atoms with Crippen LogP contribution in [-0.2, 0) is 9.59 Å². The maximum Gasteiger partial charge on any atom is 0.312 e. The Bertz CT molecular complexity index is 681. The van der Waals surface area contributed by atoms with Crippen molar-refractivity contribution in [3.63, 3.8) is 0 Å². The Labute approximate surface area is 155 Å². The van der Waals surface area contributed by atoms with Crippen LogP contribution in [0.2, 0.25) is 5.02 Å². The zero-order valence-electron chi connectivity index (χ0n) is 14.2. The summed E-state index contributed by atoms with van der Waals surface area (Å²) in [5, 5.41) is 20.1. The Morgan fingerprint density at radius 3 is 2.81 bits per heavy atom. The number of rotatable bonds is 8. The maximum atomic E-state index is 12.5. The molecule has 0 aliphatic carbocycles. The van der Waals surface area contributed by atoms with Crippen LogP contribution in [0.3, 0.4) is 0 Å². The van der Waals surface area contributed by atoms with Crippen LogP contribution in [0.4, 0.5) is 5.69 Å². The van der Waals surface area contributed by atoms with Gasteiger partial charge < -0.3 is 14.7 Å². The summed E-state index contributed by atoms with van der Waals surface area (Å²) in [6.45, 7) is 0.605. The number of amides is 1. The van der Waals surface area contributed by atoms with Crippen LogP contribution in [0, 0.1) is 10.1 Å². The van der Waals surface area contributed by atoms with Gasteiger partial charge in [-0.1, -0.05) is 11.6 Å². The lowest BCUT2D eigenvalue weighted by molar-refractivity contribution is -0.385. The van der Waals surface area contributed by atoms with E-state index >= 15 is 0 Å². The third-order valence-electron chi connectivity index (χ3n) is 4.33. The van der Waals surface area contributed by atoms with Crippen molar-refractivity contribution >= 4 is 29.2 Å². The summed E-state index contributed by atoms with van der Waals surface area (Å²) in [4.78, 5) is 35.4. The van der Waals surface area contributed by atoms with E-state index in [1.165, 1.54) is 18.2 Å². The predicted octanol–water partition coefficient (Wildman–Crippen LogP) is 3.26. The summed E-state index contributed by atoms with van der Waals surface area (Å²) in [7, 11) is 0. The van der Waals surface area contributed by atoms with E-state index in [-0.39, 0.29) is 47.9 Å². The first-order chi connectivity index (χ1) is 12.4. The van der Waals surface area contributed by atoms with E-state index in [1.807, 2.05) is 0 Å². The fourth-order valence-corrected chi connectivity index (χ4v) is 3.23. The van der Waals surface area contributed by atoms with Crippen LogP contribution < -0.4 is 4.74 Å². The van der Waals surface area contributed by atoms with Crippen molar-refractivity contribution in [1.82, 2.24) is 4.90 Å². The molecule has 1 aliphatic rings. The number of carbonyl (C=O) groups excluding carboxylic acids is 1. The van der Waals surface area contributed by atoms with Gasteiger partial charge in [-0.15, -0.1) is 0 Å². The summed E-state index contributed by atoms with van der Waals surface area (Å²) in [5.41, 5.74) is -0.248. The van der Waals surface area contributed by atoms with Crippen molar-refractivity contribution in [2.24, 2.45) is 0 Å². The second kappa shape index (κ2) is 9.38. The zero-order valence-corrected chi connectivity index (χ0v) is 15.0. The van der Waals surface area contributed by atoms with Gasteiger partial charge in [0.1, 0.15) is 0 Å². The molecule has 0 saturated carbocycles. The van der Waals surface area contributed by atoms with Gasteiger partial charge in [0.25, 0.3) is 0 Å². The fraction of sp³-hybridized carbons (Fsp3) is 0.529. The zero-order chi connectivity index (χ0) is 19.1. The highest BCUT2D eigenvalue weighted by Gasteiger charge is 2.27. The molecule has 0 radical (unpaired) electrons. The van der Waals surface area contributed by atoms with Crippen molar-refractivity contribution in [2.45, 2.75) is 44.6 Å². The maximum absolute atomic E-state index is 12.5. The molecular weight excluding hydrogens is 364 g/mol. The lowest BCUT2D eigenvalue weighted by atomic mass is 9.97. The molecular formula is C17H21ClN2O6. The quantitative estimate of drug-likeness (QED) is 0.544. The number of carboxylic acids is 1. The second-order valence-corrected chi connectivity index (χ2v) is 6.57. The van der Waals surface area contributed by atoms with Crippen LogP contribution in [0.5, 0.6) is 5.75 Å². The molecule has 0 aromatic heterocycles. The average Bonchev–Trinajstić information content (AvgIpc) is 2.61. The first kappa shape index (κ1) is 20.0. The van der Waals surface area contributed by atoms with E-state index in [0.717, 1.165) is 19.3 Å². The van der Waals surface area contributed by atoms with Gasteiger partial charge in [0, 0.05) is 30.1 Å². The lowest BCUT2D eigenvalue weighted by Gasteiger charge is -2.35. The number of carboxylic acid groups (broad SMARTS) is 1. The molecule has 142 valence electrons. The first-order valence-electron chi connectivity index (χ1n) is 8.46. The highest BCUT2D eigenvalue weighted by molar-refractivity contribution is 6.30. The number of hydrogen-bond donors (Lipinski definition) is 1. The van der Waals surface area contributed by atoms with E-state index in [9.17, 15) is 19.7 Å². The first-order valence-corrected chi connectivity index (χ1v) is 8.84. The Balaban J connectivity index is 1.91. The summed E-state index contributed by atoms with van der Waals surface area (Å²) < 4.78 is 5.41. The molecule has 1 amide bonds. The molecule has 1 aromatic rings. The number of hydrogen-bond acceptors (Lipinski definition) is 5. The Hall–Kier alpha value is -2.35. The van der Waals surface area contributed by atoms with Gasteiger partial charge in [0.2, 0.25) is 5.91 Å². The number of nitrogens with zero attached hydrogens (tertiary/aromatic N) is 2. The molecule has 26 heavy (non-hydrogen) atoms. The minimum atomic E-state index is -0.874. The molecule has 9 heteroatoms. The summed E-state index contributed by atoms with van der Waals surface area (Å²) >= 11 is 5.75. The van der Waals surface area contributed by atoms with Gasteiger partial charge in [0.15, 0.2) is 5.75 Å². The Kier molecular flexibility index (Phi) is 7.20. The number of aliphatic carboxylic acids is 1. The van der Waals surface area contributed by atoms with Crippen LogP contribution in [-0.4, -0.2) is 46.0 Å². The van der Waals surface area contributed by atoms with Crippen molar-refractivity contribution in [2.75, 3.05) is 13.2 Å². The number of piperidine rings is 1. The van der Waals surface area contributed by atoms with Crippen molar-refractivity contribution in [3.05, 3.63) is 33.3 Å². The molecule has 1 N–H and O–H groups in total. The fourth-order valence-electron chi connectivity index (χ4n) is 3.07. The normalized spacial score (nSPS) is 17.0. The van der Waals surface area contributed by atoms with Crippen LogP contribution >= 0.6 is 11.6 Å². The van der Waals surface area contributed by atoms with Crippen molar-refractivity contribution in [1.29, 1.82) is 0 Å². The minimum Gasteiger partial charge on any atom is -0.486 e. The van der Waals surface area contributed by atoms with E-state index in [1.54, 1.807) is 4.90 Å². The third-order valence-corrected chi connectivity index (χ3v) is 4.57. The number of nitro groups is 1. The number of ether oxygens (including phenoxy) is 1. The number of likely N-dealkylation sites (tertiary alicyclic amines) is 1. The molecule has 1 atom stereocenters. The van der Waals surface area contributed by atoms with Crippen molar-refractivity contribution < 1.29 is 24.4 Å². The van der Waals surface area contributed by atoms with E-state index in [0.29, 0.717) is 13.0 Å².